The molecule has 0 radical (unpaired) electrons. The number of amidine groups is 1. The number of fused-ring (bicyclic) bond motifs is 1. The highest BCUT2D eigenvalue weighted by Gasteiger charge is 2.27. The van der Waals surface area contributed by atoms with Crippen molar-refractivity contribution in [3.8, 4) is 0 Å². The standard InChI is InChI=1S/C18H29N3O2/c1-12(21(5)8-9-23-18(2,3)4)20-14-7-6-13-10-16(22)17(19)15(13)11-14/h6-7,11,16-17,22H,8-10,19H2,1-5H3/t16-,17-/m1/s1. The number of hydrogen-bond acceptors (Lipinski definition) is 4. The van der Waals surface area contributed by atoms with Crippen LogP contribution in [0.25, 0.3) is 0 Å². The fourth-order valence-corrected chi connectivity index (χ4v) is 2.63. The zero-order valence-corrected chi connectivity index (χ0v) is 14.8. The van der Waals surface area contributed by atoms with Crippen LogP contribution in [-0.2, 0) is 11.2 Å². The summed E-state index contributed by atoms with van der Waals surface area (Å²) in [4.78, 5) is 6.74. The second-order valence-corrected chi connectivity index (χ2v) is 7.22. The maximum atomic E-state index is 9.86. The average Bonchev–Trinajstić information content (AvgIpc) is 2.73. The fraction of sp³-hybridized carbons (Fsp3) is 0.611. The summed E-state index contributed by atoms with van der Waals surface area (Å²) in [7, 11) is 2.01. The predicted octanol–water partition coefficient (Wildman–Crippen LogP) is 2.40. The molecule has 0 bridgehead atoms. The van der Waals surface area contributed by atoms with Crippen molar-refractivity contribution < 1.29 is 9.84 Å². The molecule has 128 valence electrons. The second kappa shape index (κ2) is 6.99. The molecule has 2 atom stereocenters. The molecule has 0 saturated heterocycles. The minimum absolute atomic E-state index is 0.122. The van der Waals surface area contributed by atoms with Gasteiger partial charge in [0.1, 0.15) is 5.84 Å². The van der Waals surface area contributed by atoms with Crippen LogP contribution in [0.1, 0.15) is 44.9 Å². The van der Waals surface area contributed by atoms with E-state index in [9.17, 15) is 5.11 Å². The Kier molecular flexibility index (Phi) is 5.45. The molecule has 5 nitrogen and oxygen atoms in total. The predicted molar refractivity (Wildman–Crippen MR) is 94.2 cm³/mol. The summed E-state index contributed by atoms with van der Waals surface area (Å²) in [5.41, 5.74) is 8.90. The lowest BCUT2D eigenvalue weighted by atomic mass is 10.1. The molecule has 3 N–H and O–H groups in total. The molecule has 0 saturated carbocycles. The molecule has 5 heteroatoms. The van der Waals surface area contributed by atoms with Gasteiger partial charge in [-0.3, -0.25) is 0 Å². The number of hydrogen-bond donors (Lipinski definition) is 2. The van der Waals surface area contributed by atoms with Crippen LogP contribution in [0.15, 0.2) is 23.2 Å². The third-order valence-electron chi connectivity index (χ3n) is 4.14. The number of ether oxygens (including phenoxy) is 1. The van der Waals surface area contributed by atoms with Crippen LogP contribution < -0.4 is 5.73 Å². The molecular weight excluding hydrogens is 290 g/mol. The van der Waals surface area contributed by atoms with Crippen molar-refractivity contribution in [3.63, 3.8) is 0 Å². The summed E-state index contributed by atoms with van der Waals surface area (Å²) in [6.45, 7) is 9.59. The number of rotatable bonds is 4. The van der Waals surface area contributed by atoms with Gasteiger partial charge in [-0.25, -0.2) is 4.99 Å². The molecule has 2 rings (SSSR count). The SMILES string of the molecule is CC(=Nc1ccc2c(c1)[C@@H](N)[C@H](O)C2)N(C)CCOC(C)(C)C. The Morgan fingerprint density at radius 3 is 2.78 bits per heavy atom. The summed E-state index contributed by atoms with van der Waals surface area (Å²) in [6.07, 6.45) is 0.145. The van der Waals surface area contributed by atoms with E-state index in [2.05, 4.69) is 30.7 Å². The molecule has 0 aliphatic heterocycles. The molecule has 23 heavy (non-hydrogen) atoms. The maximum Gasteiger partial charge on any atom is 0.101 e. The first-order valence-corrected chi connectivity index (χ1v) is 8.14. The van der Waals surface area contributed by atoms with Crippen LogP contribution in [0.3, 0.4) is 0 Å². The van der Waals surface area contributed by atoms with Crippen LogP contribution in [-0.4, -0.2) is 47.7 Å². The summed E-state index contributed by atoms with van der Waals surface area (Å²) in [5.74, 6) is 0.926. The normalized spacial score (nSPS) is 21.4. The van der Waals surface area contributed by atoms with E-state index in [1.807, 2.05) is 32.2 Å². The molecule has 0 spiro atoms. The van der Waals surface area contributed by atoms with Gasteiger partial charge in [0, 0.05) is 20.0 Å². The molecule has 0 heterocycles. The molecule has 1 aromatic rings. The zero-order chi connectivity index (χ0) is 17.2. The van der Waals surface area contributed by atoms with Gasteiger partial charge >= 0.3 is 0 Å². The Morgan fingerprint density at radius 1 is 1.43 bits per heavy atom. The van der Waals surface area contributed by atoms with Crippen LogP contribution in [0.2, 0.25) is 0 Å². The third kappa shape index (κ3) is 4.77. The molecule has 1 aliphatic rings. The van der Waals surface area contributed by atoms with Gasteiger partial charge < -0.3 is 20.5 Å². The lowest BCUT2D eigenvalue weighted by Gasteiger charge is -2.23. The summed E-state index contributed by atoms with van der Waals surface area (Å²) in [5, 5.41) is 9.86. The van der Waals surface area contributed by atoms with Crippen molar-refractivity contribution in [1.29, 1.82) is 0 Å². The first-order valence-electron chi connectivity index (χ1n) is 8.14. The van der Waals surface area contributed by atoms with Crippen molar-refractivity contribution >= 4 is 11.5 Å². The number of nitrogens with zero attached hydrogens (tertiary/aromatic N) is 2. The van der Waals surface area contributed by atoms with Crippen molar-refractivity contribution in [2.75, 3.05) is 20.2 Å². The van der Waals surface area contributed by atoms with Gasteiger partial charge in [-0.05, 0) is 51.0 Å². The van der Waals surface area contributed by atoms with Gasteiger partial charge in [-0.1, -0.05) is 6.07 Å². The van der Waals surface area contributed by atoms with Crippen LogP contribution in [0, 0.1) is 0 Å². The van der Waals surface area contributed by atoms with Gasteiger partial charge in [0.15, 0.2) is 0 Å². The van der Waals surface area contributed by atoms with E-state index in [1.165, 1.54) is 0 Å². The van der Waals surface area contributed by atoms with E-state index >= 15 is 0 Å². The van der Waals surface area contributed by atoms with Crippen LogP contribution in [0.5, 0.6) is 0 Å². The lowest BCUT2D eigenvalue weighted by molar-refractivity contribution is -0.00607. The first kappa shape index (κ1) is 17.9. The lowest BCUT2D eigenvalue weighted by Crippen LogP contribution is -2.31. The van der Waals surface area contributed by atoms with Gasteiger partial charge in [0.2, 0.25) is 0 Å². The van der Waals surface area contributed by atoms with Crippen molar-refractivity contribution in [1.82, 2.24) is 4.90 Å². The molecule has 0 unspecified atom stereocenters. The Bertz CT molecular complexity index is 578. The zero-order valence-electron chi connectivity index (χ0n) is 14.8. The van der Waals surface area contributed by atoms with E-state index in [0.29, 0.717) is 13.0 Å². The molecule has 0 amide bonds. The highest BCUT2D eigenvalue weighted by atomic mass is 16.5. The van der Waals surface area contributed by atoms with Crippen molar-refractivity contribution in [3.05, 3.63) is 29.3 Å². The van der Waals surface area contributed by atoms with Gasteiger partial charge in [-0.2, -0.15) is 0 Å². The Labute approximate surface area is 139 Å². The van der Waals surface area contributed by atoms with Gasteiger partial charge in [0.05, 0.1) is 30.0 Å². The van der Waals surface area contributed by atoms with Crippen molar-refractivity contribution in [2.45, 2.75) is 51.9 Å². The first-order chi connectivity index (χ1) is 10.7. The average molecular weight is 319 g/mol. The van der Waals surface area contributed by atoms with E-state index in [-0.39, 0.29) is 11.6 Å². The largest absolute Gasteiger partial charge is 0.391 e. The highest BCUT2D eigenvalue weighted by Crippen LogP contribution is 2.32. The Morgan fingerprint density at radius 2 is 2.13 bits per heavy atom. The minimum atomic E-state index is -0.484. The Balaban J connectivity index is 2.01. The van der Waals surface area contributed by atoms with E-state index in [0.717, 1.165) is 29.2 Å². The quantitative estimate of drug-likeness (QED) is 0.660. The van der Waals surface area contributed by atoms with Crippen LogP contribution in [0.4, 0.5) is 5.69 Å². The van der Waals surface area contributed by atoms with Gasteiger partial charge in [-0.15, -0.1) is 0 Å². The number of aliphatic imine (C=N–C) groups is 1. The third-order valence-corrected chi connectivity index (χ3v) is 4.14. The fourth-order valence-electron chi connectivity index (χ4n) is 2.63. The van der Waals surface area contributed by atoms with Crippen molar-refractivity contribution in [2.24, 2.45) is 10.7 Å². The number of aliphatic hydroxyl groups is 1. The van der Waals surface area contributed by atoms with Crippen LogP contribution >= 0.6 is 0 Å². The maximum absolute atomic E-state index is 9.86. The van der Waals surface area contributed by atoms with E-state index in [1.54, 1.807) is 0 Å². The highest BCUT2D eigenvalue weighted by molar-refractivity contribution is 5.82. The number of benzene rings is 1. The monoisotopic (exact) mass is 319 g/mol. The van der Waals surface area contributed by atoms with Gasteiger partial charge in [0.25, 0.3) is 0 Å². The Hall–Kier alpha value is -1.43. The second-order valence-electron chi connectivity index (χ2n) is 7.22. The van der Waals surface area contributed by atoms with E-state index < -0.39 is 6.10 Å². The minimum Gasteiger partial charge on any atom is -0.391 e. The molecular formula is C18H29N3O2. The number of likely N-dealkylation sites (N-methyl/N-ethyl adjacent to an activating group) is 1. The summed E-state index contributed by atoms with van der Waals surface area (Å²) < 4.78 is 5.75. The number of aliphatic hydroxyl groups excluding tert-OH is 1. The molecule has 0 aromatic heterocycles. The molecule has 0 fully saturated rings. The molecule has 1 aromatic carbocycles. The molecule has 1 aliphatic carbocycles. The smallest absolute Gasteiger partial charge is 0.101 e. The topological polar surface area (TPSA) is 71.1 Å². The summed E-state index contributed by atoms with van der Waals surface area (Å²) in [6, 6.07) is 5.67. The van der Waals surface area contributed by atoms with E-state index in [4.69, 9.17) is 10.5 Å². The summed E-state index contributed by atoms with van der Waals surface area (Å²) >= 11 is 0. The number of nitrogens with two attached hydrogens (primary N) is 1.